The largest absolute Gasteiger partial charge is 0.466 e. The van der Waals surface area contributed by atoms with Crippen LogP contribution < -0.4 is 21.3 Å². The van der Waals surface area contributed by atoms with Gasteiger partial charge in [0.15, 0.2) is 0 Å². The van der Waals surface area contributed by atoms with Crippen molar-refractivity contribution < 1.29 is 41.8 Å². The van der Waals surface area contributed by atoms with Crippen LogP contribution in [0.2, 0.25) is 0 Å². The van der Waals surface area contributed by atoms with Crippen LogP contribution in [0.1, 0.15) is 63.8 Å². The third kappa shape index (κ3) is 14.4. The number of aryl methyl sites for hydroxylation is 1. The summed E-state index contributed by atoms with van der Waals surface area (Å²) in [5, 5.41) is 19.2. The van der Waals surface area contributed by atoms with Crippen LogP contribution in [-0.2, 0) is 39.7 Å². The Morgan fingerprint density at radius 2 is 1.70 bits per heavy atom. The maximum Gasteiger partial charge on any atom is 0.413 e. The van der Waals surface area contributed by atoms with Gasteiger partial charge in [-0.05, 0) is 106 Å². The molecule has 2 aromatic carbocycles. The minimum absolute atomic E-state index is 0.0225. The van der Waals surface area contributed by atoms with Gasteiger partial charge in [-0.25, -0.2) is 22.8 Å². The molecule has 0 saturated heterocycles. The summed E-state index contributed by atoms with van der Waals surface area (Å²) in [4.78, 5) is 49.9. The molecule has 0 bridgehead atoms. The number of carbonyl (C=O) groups is 4. The minimum atomic E-state index is -4.15. The fraction of sp³-hybridized carbons (Fsp3) is 0.447. The Labute approximate surface area is 340 Å². The lowest BCUT2D eigenvalue weighted by molar-refractivity contribution is -0.143. The van der Waals surface area contributed by atoms with Crippen molar-refractivity contribution in [3.8, 4) is 11.1 Å². The van der Waals surface area contributed by atoms with Gasteiger partial charge in [-0.2, -0.15) is 0 Å². The van der Waals surface area contributed by atoms with Crippen molar-refractivity contribution in [1.82, 2.24) is 10.6 Å². The van der Waals surface area contributed by atoms with Crippen molar-refractivity contribution in [2.75, 3.05) is 54.9 Å². The number of hydrogen-bond acceptors (Lipinski definition) is 12. The van der Waals surface area contributed by atoms with Crippen LogP contribution in [0.3, 0.4) is 0 Å². The van der Waals surface area contributed by atoms with Gasteiger partial charge in [-0.3, -0.25) is 20.8 Å². The van der Waals surface area contributed by atoms with Gasteiger partial charge in [0.25, 0.3) is 0 Å². The molecule has 0 spiro atoms. The Kier molecular flexibility index (Phi) is 17.6. The third-order valence-corrected chi connectivity index (χ3v) is 13.0. The summed E-state index contributed by atoms with van der Waals surface area (Å²) in [6, 6.07) is 10.4. The number of esters is 1. The second kappa shape index (κ2) is 21.3. The standard InChI is InChI=1S/C38H51N5O9S4/c1-9-50-31(44)16-11-10-12-17-40-35(45)42-28-22-26(41-36(46)51-18-19-55(7)8)20-24(2)32(28)25-14-13-15-27(21-25)56(48,49)30-23-29(54-34(30)53-6)33(39)43-37(47)52-38(3,4)5/h13-15,20-23H,9-12,16-19H2,1-8H3,(H4-,39,40,41,42,43,45,46,47)/p+1. The number of thiophene rings is 1. The van der Waals surface area contributed by atoms with Crippen LogP contribution in [0, 0.1) is 12.3 Å². The molecule has 3 aromatic rings. The Balaban J connectivity index is 1.93. The van der Waals surface area contributed by atoms with E-state index in [-0.39, 0.29) is 44.0 Å². The first-order valence-electron chi connectivity index (χ1n) is 17.8. The number of urea groups is 1. The molecule has 0 atom stereocenters. The van der Waals surface area contributed by atoms with E-state index in [9.17, 15) is 27.6 Å². The highest BCUT2D eigenvalue weighted by Gasteiger charge is 2.27. The van der Waals surface area contributed by atoms with Crippen molar-refractivity contribution in [3.05, 3.63) is 52.9 Å². The maximum atomic E-state index is 14.2. The van der Waals surface area contributed by atoms with Gasteiger partial charge in [0.1, 0.15) is 23.8 Å². The number of carbonyl (C=O) groups excluding carboxylic acids is 4. The van der Waals surface area contributed by atoms with Crippen molar-refractivity contribution in [2.45, 2.75) is 79.9 Å². The number of rotatable bonds is 17. The topological polar surface area (TPSA) is 202 Å². The van der Waals surface area contributed by atoms with E-state index >= 15 is 0 Å². The molecule has 18 heteroatoms. The lowest BCUT2D eigenvalue weighted by Gasteiger charge is -2.19. The third-order valence-electron chi connectivity index (χ3n) is 7.65. The fourth-order valence-electron chi connectivity index (χ4n) is 5.19. The first-order valence-corrected chi connectivity index (χ1v) is 23.5. The number of ether oxygens (including phenoxy) is 3. The van der Waals surface area contributed by atoms with E-state index in [1.54, 1.807) is 65.1 Å². The second-order valence-electron chi connectivity index (χ2n) is 13.7. The Morgan fingerprint density at radius 1 is 0.964 bits per heavy atom. The number of amides is 4. The van der Waals surface area contributed by atoms with Gasteiger partial charge in [0.2, 0.25) is 9.84 Å². The molecule has 0 aliphatic heterocycles. The van der Waals surface area contributed by atoms with Gasteiger partial charge < -0.3 is 24.8 Å². The van der Waals surface area contributed by atoms with Gasteiger partial charge in [-0.1, -0.05) is 18.6 Å². The number of amidine groups is 1. The average molecular weight is 851 g/mol. The average Bonchev–Trinajstić information content (AvgIpc) is 3.55. The van der Waals surface area contributed by atoms with Crippen LogP contribution in [0.25, 0.3) is 11.1 Å². The molecule has 5 N–H and O–H groups in total. The number of alkyl carbamates (subject to hydrolysis) is 1. The Bertz CT molecular complexity index is 1990. The zero-order valence-corrected chi connectivity index (χ0v) is 36.3. The Morgan fingerprint density at radius 3 is 2.36 bits per heavy atom. The van der Waals surface area contributed by atoms with Crippen LogP contribution in [-0.4, -0.2) is 88.3 Å². The summed E-state index contributed by atoms with van der Waals surface area (Å²) < 4.78 is 44.4. The van der Waals surface area contributed by atoms with Crippen molar-refractivity contribution in [2.24, 2.45) is 0 Å². The summed E-state index contributed by atoms with van der Waals surface area (Å²) in [5.41, 5.74) is 1.50. The highest BCUT2D eigenvalue weighted by molar-refractivity contribution is 8.01. The monoisotopic (exact) mass is 850 g/mol. The number of benzene rings is 2. The molecule has 0 aliphatic carbocycles. The van der Waals surface area contributed by atoms with Gasteiger partial charge in [0, 0.05) is 24.2 Å². The molecule has 0 saturated carbocycles. The van der Waals surface area contributed by atoms with Crippen LogP contribution in [0.15, 0.2) is 56.5 Å². The highest BCUT2D eigenvalue weighted by Crippen LogP contribution is 2.40. The SMILES string of the molecule is CCOC(=O)CCCCCNC(=O)Nc1cc(NC(=O)OCC[S+](C)C)cc(C)c1-c1cccc(S(=O)(=O)c2cc(C(=N)NC(=O)OC(C)(C)C)sc2SC)c1. The summed E-state index contributed by atoms with van der Waals surface area (Å²) >= 11 is 2.26. The predicted molar refractivity (Wildman–Crippen MR) is 226 cm³/mol. The first kappa shape index (κ1) is 46.1. The second-order valence-corrected chi connectivity index (χ2v) is 20.1. The number of sulfone groups is 1. The van der Waals surface area contributed by atoms with Crippen LogP contribution >= 0.6 is 23.1 Å². The van der Waals surface area contributed by atoms with E-state index < -0.39 is 33.7 Å². The molecule has 0 radical (unpaired) electrons. The zero-order valence-electron chi connectivity index (χ0n) is 33.0. The van der Waals surface area contributed by atoms with Crippen LogP contribution in [0.5, 0.6) is 0 Å². The molecule has 0 unspecified atom stereocenters. The highest BCUT2D eigenvalue weighted by atomic mass is 32.2. The molecule has 1 heterocycles. The predicted octanol–water partition coefficient (Wildman–Crippen LogP) is 7.80. The number of thioether (sulfide) groups is 1. The molecule has 56 heavy (non-hydrogen) atoms. The maximum absolute atomic E-state index is 14.2. The van der Waals surface area contributed by atoms with E-state index in [2.05, 4.69) is 21.3 Å². The molecule has 0 aliphatic rings. The Hall–Kier alpha value is -4.26. The summed E-state index contributed by atoms with van der Waals surface area (Å²) in [7, 11) is -4.06. The van der Waals surface area contributed by atoms with Crippen molar-refractivity contribution in [1.29, 1.82) is 5.41 Å². The van der Waals surface area contributed by atoms with E-state index in [0.29, 0.717) is 71.1 Å². The number of hydrogen-bond donors (Lipinski definition) is 5. The summed E-state index contributed by atoms with van der Waals surface area (Å²) in [5.74, 6) is 0.166. The van der Waals surface area contributed by atoms with Crippen molar-refractivity contribution >= 4 is 85.2 Å². The summed E-state index contributed by atoms with van der Waals surface area (Å²) in [6.07, 6.45) is 6.60. The molecule has 4 amide bonds. The minimum Gasteiger partial charge on any atom is -0.466 e. The molecular weight excluding hydrogens is 799 g/mol. The summed E-state index contributed by atoms with van der Waals surface area (Å²) in [6.45, 7) is 9.53. The van der Waals surface area contributed by atoms with Gasteiger partial charge in [0.05, 0.1) is 43.7 Å². The molecule has 1 aromatic heterocycles. The van der Waals surface area contributed by atoms with Crippen LogP contribution in [0.4, 0.5) is 25.8 Å². The van der Waals surface area contributed by atoms with E-state index in [0.717, 1.165) is 17.1 Å². The molecule has 0 fully saturated rings. The number of nitrogens with one attached hydrogen (secondary N) is 5. The van der Waals surface area contributed by atoms with E-state index in [4.69, 9.17) is 19.6 Å². The smallest absolute Gasteiger partial charge is 0.413 e. The lowest BCUT2D eigenvalue weighted by atomic mass is 9.97. The van der Waals surface area contributed by atoms with E-state index in [1.807, 2.05) is 12.5 Å². The van der Waals surface area contributed by atoms with Gasteiger partial charge >= 0.3 is 24.2 Å². The normalized spacial score (nSPS) is 11.4. The first-order chi connectivity index (χ1) is 26.3. The quantitative estimate of drug-likeness (QED) is 0.0170. The molecule has 14 nitrogen and oxygen atoms in total. The number of unbranched alkanes of at least 4 members (excludes halogenated alkanes) is 2. The van der Waals surface area contributed by atoms with Crippen molar-refractivity contribution in [3.63, 3.8) is 0 Å². The fourth-order valence-corrected chi connectivity index (χ4v) is 9.55. The lowest BCUT2D eigenvalue weighted by Crippen LogP contribution is -2.36. The number of anilines is 2. The van der Waals surface area contributed by atoms with Gasteiger partial charge in [-0.15, -0.1) is 23.1 Å². The molecule has 3 rings (SSSR count). The molecular formula is C38H52N5O9S4+. The van der Waals surface area contributed by atoms with E-state index in [1.165, 1.54) is 30.0 Å². The molecule has 306 valence electrons. The zero-order chi connectivity index (χ0) is 41.6.